The van der Waals surface area contributed by atoms with Crippen LogP contribution in [0.2, 0.25) is 0 Å². The van der Waals surface area contributed by atoms with Crippen LogP contribution in [0, 0.1) is 10.1 Å². The summed E-state index contributed by atoms with van der Waals surface area (Å²) in [6, 6.07) is 12.1. The number of rotatable bonds is 8. The minimum absolute atomic E-state index is 0.0666. The van der Waals surface area contributed by atoms with Gasteiger partial charge in [0.15, 0.2) is 17.1 Å². The fourth-order valence-corrected chi connectivity index (χ4v) is 2.07. The number of carboxylic acid groups (broad SMARTS) is 1. The van der Waals surface area contributed by atoms with Gasteiger partial charge in [-0.05, 0) is 38.1 Å². The van der Waals surface area contributed by atoms with E-state index in [1.807, 2.05) is 0 Å². The lowest BCUT2D eigenvalue weighted by Crippen LogP contribution is -2.48. The van der Waals surface area contributed by atoms with E-state index in [0.29, 0.717) is 11.5 Å². The van der Waals surface area contributed by atoms with E-state index in [0.717, 1.165) is 0 Å². The Morgan fingerprint density at radius 3 is 2.26 bits per heavy atom. The molecule has 0 aliphatic rings. The number of carbonyl (C=O) groups excluding carboxylic acids is 1. The highest BCUT2D eigenvalue weighted by Gasteiger charge is 2.31. The van der Waals surface area contributed by atoms with Crippen LogP contribution in [-0.4, -0.2) is 34.1 Å². The average molecular weight is 374 g/mol. The number of nitro groups is 1. The molecule has 0 aromatic heterocycles. The number of para-hydroxylation sites is 2. The third kappa shape index (κ3) is 5.43. The molecule has 0 aliphatic carbocycles. The fourth-order valence-electron chi connectivity index (χ4n) is 2.07. The van der Waals surface area contributed by atoms with Gasteiger partial charge < -0.3 is 19.9 Å². The highest BCUT2D eigenvalue weighted by molar-refractivity contribution is 5.87. The Hall–Kier alpha value is -3.62. The Bertz CT molecular complexity index is 847. The van der Waals surface area contributed by atoms with Crippen molar-refractivity contribution >= 4 is 17.6 Å². The fraction of sp³-hybridized carbons (Fsp3) is 0.222. The molecule has 0 spiro atoms. The highest BCUT2D eigenvalue weighted by atomic mass is 16.6. The topological polar surface area (TPSA) is 128 Å². The first-order valence-electron chi connectivity index (χ1n) is 7.89. The number of non-ortho nitro benzene ring substituents is 1. The number of nitrogens with one attached hydrogen (secondary N) is 1. The van der Waals surface area contributed by atoms with Crippen LogP contribution in [0.4, 0.5) is 5.69 Å². The van der Waals surface area contributed by atoms with E-state index in [4.69, 9.17) is 14.6 Å². The molecule has 0 bridgehead atoms. The lowest BCUT2D eigenvalue weighted by Gasteiger charge is -2.26. The van der Waals surface area contributed by atoms with Gasteiger partial charge in [0.1, 0.15) is 12.3 Å². The average Bonchev–Trinajstić information content (AvgIpc) is 2.61. The first-order chi connectivity index (χ1) is 12.7. The quantitative estimate of drug-likeness (QED) is 0.537. The number of carboxylic acids is 1. The summed E-state index contributed by atoms with van der Waals surface area (Å²) in [6.07, 6.45) is 0. The van der Waals surface area contributed by atoms with Crippen molar-refractivity contribution in [2.45, 2.75) is 19.4 Å². The van der Waals surface area contributed by atoms with E-state index < -0.39 is 28.9 Å². The largest absolute Gasteiger partial charge is 0.480 e. The molecule has 0 unspecified atom stereocenters. The molecule has 2 aromatic carbocycles. The van der Waals surface area contributed by atoms with Gasteiger partial charge in [0.2, 0.25) is 0 Å². The number of aliphatic carboxylic acids is 1. The molecule has 9 nitrogen and oxygen atoms in total. The molecule has 2 N–H and O–H groups in total. The number of carbonyl (C=O) groups is 2. The van der Waals surface area contributed by atoms with Gasteiger partial charge in [-0.1, -0.05) is 12.1 Å². The molecule has 2 rings (SSSR count). The Morgan fingerprint density at radius 2 is 1.70 bits per heavy atom. The molecule has 1 amide bonds. The Morgan fingerprint density at radius 1 is 1.11 bits per heavy atom. The maximum atomic E-state index is 12.1. The molecule has 0 heterocycles. The zero-order valence-electron chi connectivity index (χ0n) is 14.7. The predicted molar refractivity (Wildman–Crippen MR) is 95.0 cm³/mol. The first kappa shape index (κ1) is 19.7. The van der Waals surface area contributed by atoms with E-state index >= 15 is 0 Å². The number of benzene rings is 2. The van der Waals surface area contributed by atoms with Crippen molar-refractivity contribution in [3.8, 4) is 17.2 Å². The SMILES string of the molecule is CC(C)(Oc1ccccc1Oc1ccc([N+](=O)[O-])cc1)C(=O)NCC(=O)O. The Kier molecular flexibility index (Phi) is 5.96. The van der Waals surface area contributed by atoms with Gasteiger partial charge in [-0.2, -0.15) is 0 Å². The molecule has 2 aromatic rings. The Labute approximate surface area is 154 Å². The summed E-state index contributed by atoms with van der Waals surface area (Å²) in [6.45, 7) is 2.46. The molecular weight excluding hydrogens is 356 g/mol. The van der Waals surface area contributed by atoms with Crippen LogP contribution in [-0.2, 0) is 9.59 Å². The van der Waals surface area contributed by atoms with E-state index in [2.05, 4.69) is 5.32 Å². The van der Waals surface area contributed by atoms with Crippen LogP contribution >= 0.6 is 0 Å². The first-order valence-corrected chi connectivity index (χ1v) is 7.89. The number of hydrogen-bond donors (Lipinski definition) is 2. The number of hydrogen-bond acceptors (Lipinski definition) is 6. The number of nitrogens with zero attached hydrogens (tertiary/aromatic N) is 1. The van der Waals surface area contributed by atoms with Gasteiger partial charge in [-0.15, -0.1) is 0 Å². The molecule has 142 valence electrons. The third-order valence-electron chi connectivity index (χ3n) is 3.44. The maximum Gasteiger partial charge on any atom is 0.322 e. The van der Waals surface area contributed by atoms with E-state index in [-0.39, 0.29) is 11.4 Å². The lowest BCUT2D eigenvalue weighted by molar-refractivity contribution is -0.384. The van der Waals surface area contributed by atoms with Crippen LogP contribution in [0.5, 0.6) is 17.2 Å². The van der Waals surface area contributed by atoms with E-state index in [1.165, 1.54) is 38.1 Å². The van der Waals surface area contributed by atoms with Crippen molar-refractivity contribution in [1.29, 1.82) is 0 Å². The number of amides is 1. The van der Waals surface area contributed by atoms with Crippen molar-refractivity contribution in [3.63, 3.8) is 0 Å². The van der Waals surface area contributed by atoms with Crippen molar-refractivity contribution in [2.24, 2.45) is 0 Å². The predicted octanol–water partition coefficient (Wildman–Crippen LogP) is 2.75. The number of ether oxygens (including phenoxy) is 2. The van der Waals surface area contributed by atoms with Crippen molar-refractivity contribution in [1.82, 2.24) is 5.32 Å². The van der Waals surface area contributed by atoms with E-state index in [1.54, 1.807) is 24.3 Å². The molecular formula is C18H18N2O7. The van der Waals surface area contributed by atoms with Crippen LogP contribution < -0.4 is 14.8 Å². The van der Waals surface area contributed by atoms with Gasteiger partial charge in [0.05, 0.1) is 4.92 Å². The lowest BCUT2D eigenvalue weighted by atomic mass is 10.1. The van der Waals surface area contributed by atoms with Gasteiger partial charge >= 0.3 is 5.97 Å². The summed E-state index contributed by atoms with van der Waals surface area (Å²) < 4.78 is 11.4. The molecule has 0 saturated carbocycles. The number of nitro benzene ring substituents is 1. The zero-order valence-corrected chi connectivity index (χ0v) is 14.7. The summed E-state index contributed by atoms with van der Waals surface area (Å²) in [5.74, 6) is -0.863. The summed E-state index contributed by atoms with van der Waals surface area (Å²) in [5, 5.41) is 21.6. The van der Waals surface area contributed by atoms with Crippen LogP contribution in [0.3, 0.4) is 0 Å². The maximum absolute atomic E-state index is 12.1. The summed E-state index contributed by atoms with van der Waals surface area (Å²) in [4.78, 5) is 32.9. The molecule has 0 saturated heterocycles. The van der Waals surface area contributed by atoms with E-state index in [9.17, 15) is 19.7 Å². The molecule has 0 fully saturated rings. The molecule has 0 aliphatic heterocycles. The van der Waals surface area contributed by atoms with Crippen LogP contribution in [0.25, 0.3) is 0 Å². The normalized spacial score (nSPS) is 10.7. The highest BCUT2D eigenvalue weighted by Crippen LogP contribution is 2.34. The minimum Gasteiger partial charge on any atom is -0.480 e. The summed E-state index contributed by atoms with van der Waals surface area (Å²) >= 11 is 0. The van der Waals surface area contributed by atoms with Crippen molar-refractivity contribution in [3.05, 3.63) is 58.6 Å². The zero-order chi connectivity index (χ0) is 20.0. The van der Waals surface area contributed by atoms with Crippen molar-refractivity contribution < 1.29 is 29.1 Å². The van der Waals surface area contributed by atoms with Gasteiger partial charge in [-0.25, -0.2) is 0 Å². The smallest absolute Gasteiger partial charge is 0.322 e. The second kappa shape index (κ2) is 8.17. The molecule has 27 heavy (non-hydrogen) atoms. The van der Waals surface area contributed by atoms with Crippen LogP contribution in [0.1, 0.15) is 13.8 Å². The van der Waals surface area contributed by atoms with Gasteiger partial charge in [0, 0.05) is 12.1 Å². The van der Waals surface area contributed by atoms with Gasteiger partial charge in [-0.3, -0.25) is 19.7 Å². The summed E-state index contributed by atoms with van der Waals surface area (Å²) in [5.41, 5.74) is -1.42. The standard InChI is InChI=1S/C18H18N2O7/c1-18(2,17(23)19-11-16(21)22)27-15-6-4-3-5-14(15)26-13-9-7-12(8-10-13)20(24)25/h3-10H,11H2,1-2H3,(H,19,23)(H,21,22). The Balaban J connectivity index is 2.16. The third-order valence-corrected chi connectivity index (χ3v) is 3.44. The van der Waals surface area contributed by atoms with Gasteiger partial charge in [0.25, 0.3) is 11.6 Å². The monoisotopic (exact) mass is 374 g/mol. The molecule has 9 heteroatoms. The summed E-state index contributed by atoms with van der Waals surface area (Å²) in [7, 11) is 0. The van der Waals surface area contributed by atoms with Crippen molar-refractivity contribution in [2.75, 3.05) is 6.54 Å². The molecule has 0 radical (unpaired) electrons. The minimum atomic E-state index is -1.36. The van der Waals surface area contributed by atoms with Crippen LogP contribution in [0.15, 0.2) is 48.5 Å². The second-order valence-corrected chi connectivity index (χ2v) is 5.99. The second-order valence-electron chi connectivity index (χ2n) is 5.99. The molecule has 0 atom stereocenters.